The number of allylic oxidation sites excluding steroid dienone is 10. The molecule has 0 saturated heterocycles. The molecule has 0 bridgehead atoms. The molecule has 0 aromatic heterocycles. The first-order valence-electron chi connectivity index (χ1n) is 30.8. The Labute approximate surface area is 440 Å². The van der Waals surface area contributed by atoms with Gasteiger partial charge in [0.05, 0.1) is 0 Å². The van der Waals surface area contributed by atoms with Gasteiger partial charge >= 0.3 is 17.9 Å². The van der Waals surface area contributed by atoms with Crippen molar-refractivity contribution in [2.75, 3.05) is 13.2 Å². The summed E-state index contributed by atoms with van der Waals surface area (Å²) in [4.78, 5) is 38.2. The summed E-state index contributed by atoms with van der Waals surface area (Å²) in [5.41, 5.74) is 0. The summed E-state index contributed by atoms with van der Waals surface area (Å²) in [5.74, 6) is -0.868. The average molecular weight is 994 g/mol. The summed E-state index contributed by atoms with van der Waals surface area (Å²) in [7, 11) is 0. The number of hydrogen-bond acceptors (Lipinski definition) is 6. The molecule has 0 radical (unpaired) electrons. The van der Waals surface area contributed by atoms with Crippen molar-refractivity contribution >= 4 is 17.9 Å². The zero-order valence-electron chi connectivity index (χ0n) is 47.2. The Bertz CT molecular complexity index is 1280. The molecule has 1 unspecified atom stereocenters. The van der Waals surface area contributed by atoms with Gasteiger partial charge in [0.2, 0.25) is 0 Å². The van der Waals surface area contributed by atoms with Gasteiger partial charge in [-0.15, -0.1) is 0 Å². The maximum atomic E-state index is 12.8. The second-order valence-corrected chi connectivity index (χ2v) is 20.6. The van der Waals surface area contributed by atoms with Crippen LogP contribution in [-0.4, -0.2) is 37.2 Å². The van der Waals surface area contributed by atoms with Crippen molar-refractivity contribution in [3.63, 3.8) is 0 Å². The Morgan fingerprint density at radius 3 is 0.873 bits per heavy atom. The maximum absolute atomic E-state index is 12.8. The van der Waals surface area contributed by atoms with Crippen LogP contribution in [0.2, 0.25) is 0 Å². The summed E-state index contributed by atoms with van der Waals surface area (Å²) in [6, 6.07) is 0. The number of rotatable bonds is 56. The Morgan fingerprint density at radius 2 is 0.549 bits per heavy atom. The van der Waals surface area contributed by atoms with E-state index in [0.717, 1.165) is 89.9 Å². The van der Waals surface area contributed by atoms with E-state index in [1.54, 1.807) is 0 Å². The molecule has 6 heteroatoms. The second-order valence-electron chi connectivity index (χ2n) is 20.6. The van der Waals surface area contributed by atoms with E-state index in [-0.39, 0.29) is 31.1 Å². The lowest BCUT2D eigenvalue weighted by Crippen LogP contribution is -2.30. The van der Waals surface area contributed by atoms with E-state index in [4.69, 9.17) is 14.2 Å². The number of esters is 3. The minimum atomic E-state index is -0.775. The van der Waals surface area contributed by atoms with Crippen LogP contribution in [0.5, 0.6) is 0 Å². The number of unbranched alkanes of at least 4 members (excludes halogenated alkanes) is 35. The van der Waals surface area contributed by atoms with Gasteiger partial charge in [-0.1, -0.05) is 274 Å². The van der Waals surface area contributed by atoms with Crippen molar-refractivity contribution in [3.05, 3.63) is 60.8 Å². The van der Waals surface area contributed by atoms with Gasteiger partial charge in [0.1, 0.15) is 13.2 Å². The maximum Gasteiger partial charge on any atom is 0.306 e. The topological polar surface area (TPSA) is 78.9 Å². The van der Waals surface area contributed by atoms with Crippen LogP contribution in [-0.2, 0) is 28.6 Å². The normalized spacial score (nSPS) is 12.4. The molecule has 0 saturated carbocycles. The molecule has 0 aromatic rings. The third-order valence-corrected chi connectivity index (χ3v) is 13.5. The summed E-state index contributed by atoms with van der Waals surface area (Å²) in [6.45, 7) is 6.54. The van der Waals surface area contributed by atoms with E-state index in [2.05, 4.69) is 81.5 Å². The predicted octanol–water partition coefficient (Wildman–Crippen LogP) is 20.8. The van der Waals surface area contributed by atoms with Crippen LogP contribution in [0.4, 0.5) is 0 Å². The van der Waals surface area contributed by atoms with Crippen molar-refractivity contribution in [3.8, 4) is 0 Å². The van der Waals surface area contributed by atoms with Crippen LogP contribution in [0, 0.1) is 0 Å². The first-order valence-corrected chi connectivity index (χ1v) is 30.8. The summed E-state index contributed by atoms with van der Waals surface area (Å²) >= 11 is 0. The molecule has 0 fully saturated rings. The molecule has 0 spiro atoms. The third-order valence-electron chi connectivity index (χ3n) is 13.5. The minimum absolute atomic E-state index is 0.0733. The molecule has 0 heterocycles. The minimum Gasteiger partial charge on any atom is -0.462 e. The third kappa shape index (κ3) is 57.9. The summed E-state index contributed by atoms with van der Waals surface area (Å²) in [5, 5.41) is 0. The van der Waals surface area contributed by atoms with E-state index in [1.807, 2.05) is 0 Å². The molecule has 0 rings (SSSR count). The number of ether oxygens (including phenoxy) is 3. The van der Waals surface area contributed by atoms with Gasteiger partial charge in [-0.05, 0) is 83.5 Å². The second kappa shape index (κ2) is 59.7. The van der Waals surface area contributed by atoms with Crippen LogP contribution in [0.25, 0.3) is 0 Å². The van der Waals surface area contributed by atoms with Gasteiger partial charge in [-0.3, -0.25) is 14.4 Å². The summed E-state index contributed by atoms with van der Waals surface area (Å²) in [6.07, 6.45) is 75.1. The standard InChI is InChI=1S/C65H116O6/c1-4-7-10-13-16-19-22-25-27-28-29-30-31-32-33-34-35-36-37-38-39-41-43-46-49-52-55-58-64(67)70-61-62(60-69-63(66)57-54-51-48-45-42-24-21-18-15-12-9-6-3)71-65(68)59-56-53-50-47-44-40-26-23-20-17-14-11-8-5-2/h7,10,16,19,23,25-27,29-30,62H,4-6,8-9,11-15,17-18,20-22,24,28,31-61H2,1-3H3/b10-7-,19-16-,26-23-,27-25-,30-29-. The molecule has 0 aliphatic heterocycles. The quantitative estimate of drug-likeness (QED) is 0.0261. The van der Waals surface area contributed by atoms with Crippen molar-refractivity contribution in [2.24, 2.45) is 0 Å². The predicted molar refractivity (Wildman–Crippen MR) is 307 cm³/mol. The first-order chi connectivity index (χ1) is 35.0. The lowest BCUT2D eigenvalue weighted by molar-refractivity contribution is -0.167. The van der Waals surface area contributed by atoms with Gasteiger partial charge in [-0.2, -0.15) is 0 Å². The average Bonchev–Trinajstić information content (AvgIpc) is 3.37. The zero-order valence-corrected chi connectivity index (χ0v) is 47.2. The number of hydrogen-bond donors (Lipinski definition) is 0. The molecule has 412 valence electrons. The van der Waals surface area contributed by atoms with Gasteiger partial charge < -0.3 is 14.2 Å². The van der Waals surface area contributed by atoms with E-state index in [1.165, 1.54) is 186 Å². The Hall–Kier alpha value is -2.89. The van der Waals surface area contributed by atoms with Crippen LogP contribution in [0.3, 0.4) is 0 Å². The SMILES string of the molecule is CC/C=C\C/C=C\C/C=C\C/C=C\CCCCCCCCCCCCCCCCC(=O)OCC(COC(=O)CCCCCCCCCCCCCC)OC(=O)CCCCCCC/C=C\CCCCCCC. The lowest BCUT2D eigenvalue weighted by Gasteiger charge is -2.18. The highest BCUT2D eigenvalue weighted by molar-refractivity contribution is 5.71. The zero-order chi connectivity index (χ0) is 51.4. The van der Waals surface area contributed by atoms with Crippen molar-refractivity contribution in [2.45, 2.75) is 322 Å². The first kappa shape index (κ1) is 68.1. The smallest absolute Gasteiger partial charge is 0.306 e. The van der Waals surface area contributed by atoms with E-state index in [0.29, 0.717) is 19.3 Å². The van der Waals surface area contributed by atoms with Gasteiger partial charge in [0.25, 0.3) is 0 Å². The molecule has 0 N–H and O–H groups in total. The molecule has 71 heavy (non-hydrogen) atoms. The molecular weight excluding hydrogens is 877 g/mol. The van der Waals surface area contributed by atoms with Crippen LogP contribution in [0.15, 0.2) is 60.8 Å². The van der Waals surface area contributed by atoms with Crippen molar-refractivity contribution < 1.29 is 28.6 Å². The molecule has 0 aliphatic carbocycles. The van der Waals surface area contributed by atoms with Crippen LogP contribution in [0.1, 0.15) is 316 Å². The highest BCUT2D eigenvalue weighted by atomic mass is 16.6. The monoisotopic (exact) mass is 993 g/mol. The Balaban J connectivity index is 4.20. The van der Waals surface area contributed by atoms with E-state index in [9.17, 15) is 14.4 Å². The molecule has 0 aliphatic rings. The summed E-state index contributed by atoms with van der Waals surface area (Å²) < 4.78 is 16.9. The Kier molecular flexibility index (Phi) is 57.2. The number of carbonyl (C=O) groups excluding carboxylic acids is 3. The molecule has 0 aromatic carbocycles. The Morgan fingerprint density at radius 1 is 0.296 bits per heavy atom. The molecule has 1 atom stereocenters. The number of carbonyl (C=O) groups is 3. The highest BCUT2D eigenvalue weighted by Gasteiger charge is 2.19. The van der Waals surface area contributed by atoms with Crippen LogP contribution >= 0.6 is 0 Å². The fourth-order valence-electron chi connectivity index (χ4n) is 8.90. The van der Waals surface area contributed by atoms with Crippen LogP contribution < -0.4 is 0 Å². The lowest BCUT2D eigenvalue weighted by atomic mass is 10.0. The molecule has 0 amide bonds. The largest absolute Gasteiger partial charge is 0.462 e. The van der Waals surface area contributed by atoms with Gasteiger partial charge in [0.15, 0.2) is 6.10 Å². The highest BCUT2D eigenvalue weighted by Crippen LogP contribution is 2.17. The van der Waals surface area contributed by atoms with Crippen molar-refractivity contribution in [1.82, 2.24) is 0 Å². The molecule has 6 nitrogen and oxygen atoms in total. The van der Waals surface area contributed by atoms with Gasteiger partial charge in [0, 0.05) is 19.3 Å². The van der Waals surface area contributed by atoms with Crippen molar-refractivity contribution in [1.29, 1.82) is 0 Å². The van der Waals surface area contributed by atoms with E-state index < -0.39 is 6.10 Å². The van der Waals surface area contributed by atoms with E-state index >= 15 is 0 Å². The fraction of sp³-hybridized carbons (Fsp3) is 0.800. The fourth-order valence-corrected chi connectivity index (χ4v) is 8.90. The van der Waals surface area contributed by atoms with Gasteiger partial charge in [-0.25, -0.2) is 0 Å². The molecular formula is C65H116O6.